The summed E-state index contributed by atoms with van der Waals surface area (Å²) in [4.78, 5) is 32.8. The van der Waals surface area contributed by atoms with Crippen LogP contribution < -0.4 is 21.8 Å². The van der Waals surface area contributed by atoms with Crippen molar-refractivity contribution in [2.45, 2.75) is 18.9 Å². The number of rotatable bonds is 11. The predicted molar refractivity (Wildman–Crippen MR) is 134 cm³/mol. The normalized spacial score (nSPS) is 15.7. The van der Waals surface area contributed by atoms with Gasteiger partial charge in [0, 0.05) is 32.4 Å². The van der Waals surface area contributed by atoms with Gasteiger partial charge in [0.2, 0.25) is 5.91 Å². The number of nitrogens with two attached hydrogens (primary N) is 1. The molecular weight excluding hydrogens is 463 g/mol. The summed E-state index contributed by atoms with van der Waals surface area (Å²) in [6, 6.07) is 11.7. The van der Waals surface area contributed by atoms with Crippen molar-refractivity contribution in [1.82, 2.24) is 30.4 Å². The molecule has 3 heterocycles. The van der Waals surface area contributed by atoms with Crippen LogP contribution in [0.4, 0.5) is 4.39 Å². The van der Waals surface area contributed by atoms with Gasteiger partial charge in [-0.3, -0.25) is 14.6 Å². The number of hydrogen-bond donors (Lipinski definition) is 4. The van der Waals surface area contributed by atoms with Crippen LogP contribution in [0.1, 0.15) is 22.3 Å². The summed E-state index contributed by atoms with van der Waals surface area (Å²) >= 11 is 0. The van der Waals surface area contributed by atoms with Gasteiger partial charge in [0.1, 0.15) is 11.5 Å². The molecule has 1 atom stereocenters. The van der Waals surface area contributed by atoms with E-state index in [1.807, 2.05) is 12.1 Å². The maximum atomic E-state index is 13.4. The zero-order valence-electron chi connectivity index (χ0n) is 20.0. The fraction of sp³-hybridized carbons (Fsp3) is 0.360. The molecule has 1 aromatic carbocycles. The highest BCUT2D eigenvalue weighted by atomic mass is 19.1. The Bertz CT molecular complexity index is 1170. The number of pyridine rings is 1. The molecule has 0 unspecified atom stereocenters. The van der Waals surface area contributed by atoms with Crippen molar-refractivity contribution in [1.29, 1.82) is 0 Å². The van der Waals surface area contributed by atoms with E-state index in [1.165, 1.54) is 18.3 Å². The molecule has 0 spiro atoms. The molecule has 2 aromatic heterocycles. The van der Waals surface area contributed by atoms with Crippen molar-refractivity contribution in [3.63, 3.8) is 0 Å². The first kappa shape index (κ1) is 25.3. The number of carbonyl (C=O) groups is 2. The number of piperazine rings is 1. The van der Waals surface area contributed by atoms with Crippen molar-refractivity contribution >= 4 is 11.8 Å². The fourth-order valence-corrected chi connectivity index (χ4v) is 4.13. The second-order valence-corrected chi connectivity index (χ2v) is 8.57. The van der Waals surface area contributed by atoms with Crippen molar-refractivity contribution in [2.24, 2.45) is 5.73 Å². The second kappa shape index (κ2) is 12.2. The molecule has 1 aliphatic heterocycles. The number of halogens is 1. The van der Waals surface area contributed by atoms with Crippen LogP contribution in [0.3, 0.4) is 0 Å². The van der Waals surface area contributed by atoms with E-state index in [-0.39, 0.29) is 23.7 Å². The summed E-state index contributed by atoms with van der Waals surface area (Å²) in [7, 11) is 0. The zero-order chi connectivity index (χ0) is 25.3. The quantitative estimate of drug-likeness (QED) is 0.309. The van der Waals surface area contributed by atoms with Crippen LogP contribution in [0, 0.1) is 5.82 Å². The lowest BCUT2D eigenvalue weighted by molar-refractivity contribution is -0.134. The Morgan fingerprint density at radius 2 is 2.14 bits per heavy atom. The van der Waals surface area contributed by atoms with E-state index in [1.54, 1.807) is 34.1 Å². The summed E-state index contributed by atoms with van der Waals surface area (Å²) in [5.41, 5.74) is 11.5. The minimum atomic E-state index is -0.257. The molecule has 0 saturated carbocycles. The van der Waals surface area contributed by atoms with E-state index in [0.717, 1.165) is 17.7 Å². The standard InChI is InChI=1S/C25H31FN8O2/c26-20-4-1-3-18(13-20)7-10-31-34-23(8-11-32-34)22-6-5-19(14-29-22)25(36)30-16-21-15-28-17-24(35)33(21)12-2-9-27/h1,3-6,8,11,13-14,21,28,31H,2,7,9-10,12,15-17,27H2,(H,30,36)/t21-/m1/s1. The number of amides is 2. The van der Waals surface area contributed by atoms with E-state index in [0.29, 0.717) is 56.9 Å². The third-order valence-electron chi connectivity index (χ3n) is 6.01. The number of hydrogen-bond acceptors (Lipinski definition) is 7. The summed E-state index contributed by atoms with van der Waals surface area (Å²) in [6.45, 7) is 2.90. The fourth-order valence-electron chi connectivity index (χ4n) is 4.13. The van der Waals surface area contributed by atoms with Crippen LogP contribution in [0.25, 0.3) is 11.4 Å². The molecule has 1 aliphatic rings. The van der Waals surface area contributed by atoms with E-state index >= 15 is 0 Å². The molecule has 2 amide bonds. The Kier molecular flexibility index (Phi) is 8.58. The lowest BCUT2D eigenvalue weighted by atomic mass is 10.1. The van der Waals surface area contributed by atoms with Gasteiger partial charge in [0.05, 0.1) is 30.0 Å². The third kappa shape index (κ3) is 6.43. The Balaban J connectivity index is 1.32. The van der Waals surface area contributed by atoms with Crippen molar-refractivity contribution in [2.75, 3.05) is 44.7 Å². The summed E-state index contributed by atoms with van der Waals surface area (Å²) in [5, 5.41) is 10.3. The Morgan fingerprint density at radius 3 is 2.92 bits per heavy atom. The zero-order valence-corrected chi connectivity index (χ0v) is 20.0. The molecule has 4 rings (SSSR count). The molecule has 0 radical (unpaired) electrons. The van der Waals surface area contributed by atoms with Gasteiger partial charge in [-0.25, -0.2) is 4.39 Å². The van der Waals surface area contributed by atoms with Crippen LogP contribution in [0.5, 0.6) is 0 Å². The minimum absolute atomic E-state index is 0.0149. The highest BCUT2D eigenvalue weighted by molar-refractivity contribution is 5.94. The number of nitrogens with zero attached hydrogens (tertiary/aromatic N) is 4. The monoisotopic (exact) mass is 494 g/mol. The van der Waals surface area contributed by atoms with Gasteiger partial charge in [-0.2, -0.15) is 9.89 Å². The van der Waals surface area contributed by atoms with E-state index < -0.39 is 0 Å². The molecule has 5 N–H and O–H groups in total. The largest absolute Gasteiger partial charge is 0.350 e. The Morgan fingerprint density at radius 1 is 1.25 bits per heavy atom. The molecule has 36 heavy (non-hydrogen) atoms. The first-order valence-corrected chi connectivity index (χ1v) is 12.0. The van der Waals surface area contributed by atoms with Crippen LogP contribution in [-0.4, -0.2) is 76.9 Å². The maximum absolute atomic E-state index is 13.4. The van der Waals surface area contributed by atoms with Gasteiger partial charge in [-0.1, -0.05) is 12.1 Å². The number of benzene rings is 1. The predicted octanol–water partition coefficient (Wildman–Crippen LogP) is 0.749. The molecule has 11 heteroatoms. The summed E-state index contributed by atoms with van der Waals surface area (Å²) in [5.74, 6) is -0.498. The topological polar surface area (TPSA) is 130 Å². The van der Waals surface area contributed by atoms with Gasteiger partial charge in [0.15, 0.2) is 0 Å². The van der Waals surface area contributed by atoms with Gasteiger partial charge in [-0.05, 0) is 55.3 Å². The van der Waals surface area contributed by atoms with Crippen molar-refractivity contribution in [3.05, 3.63) is 71.8 Å². The van der Waals surface area contributed by atoms with E-state index in [2.05, 4.69) is 26.1 Å². The SMILES string of the molecule is NCCCN1C(=O)CNC[C@@H]1CNC(=O)c1ccc(-c2ccnn2NCCc2cccc(F)c2)nc1. The van der Waals surface area contributed by atoms with Crippen molar-refractivity contribution in [3.8, 4) is 11.4 Å². The Labute approximate surface area is 209 Å². The smallest absolute Gasteiger partial charge is 0.252 e. The molecule has 1 fully saturated rings. The average Bonchev–Trinajstić information content (AvgIpc) is 3.35. The molecule has 0 aliphatic carbocycles. The summed E-state index contributed by atoms with van der Waals surface area (Å²) < 4.78 is 13.4. The molecule has 1 saturated heterocycles. The number of nitrogens with one attached hydrogen (secondary N) is 3. The third-order valence-corrected chi connectivity index (χ3v) is 6.01. The van der Waals surface area contributed by atoms with Crippen molar-refractivity contribution < 1.29 is 14.0 Å². The highest BCUT2D eigenvalue weighted by Crippen LogP contribution is 2.16. The van der Waals surface area contributed by atoms with Crippen LogP contribution in [-0.2, 0) is 11.2 Å². The highest BCUT2D eigenvalue weighted by Gasteiger charge is 2.27. The molecule has 0 bridgehead atoms. The number of carbonyl (C=O) groups excluding carboxylic acids is 2. The first-order valence-electron chi connectivity index (χ1n) is 12.0. The van der Waals surface area contributed by atoms with Gasteiger partial charge in [0.25, 0.3) is 5.91 Å². The van der Waals surface area contributed by atoms with Gasteiger partial charge >= 0.3 is 0 Å². The van der Waals surface area contributed by atoms with Gasteiger partial charge in [-0.15, -0.1) is 0 Å². The first-order chi connectivity index (χ1) is 17.5. The van der Waals surface area contributed by atoms with E-state index in [4.69, 9.17) is 5.73 Å². The van der Waals surface area contributed by atoms with E-state index in [9.17, 15) is 14.0 Å². The molecule has 10 nitrogen and oxygen atoms in total. The lowest BCUT2D eigenvalue weighted by Gasteiger charge is -2.36. The summed E-state index contributed by atoms with van der Waals surface area (Å²) in [6.07, 6.45) is 4.53. The molecule has 190 valence electrons. The molecule has 3 aromatic rings. The second-order valence-electron chi connectivity index (χ2n) is 8.57. The van der Waals surface area contributed by atoms with Crippen LogP contribution in [0.2, 0.25) is 0 Å². The minimum Gasteiger partial charge on any atom is -0.350 e. The molecular formula is C25H31FN8O2. The Hall–Kier alpha value is -3.83. The van der Waals surface area contributed by atoms with Crippen LogP contribution >= 0.6 is 0 Å². The van der Waals surface area contributed by atoms with Gasteiger partial charge < -0.3 is 26.7 Å². The maximum Gasteiger partial charge on any atom is 0.252 e. The van der Waals surface area contributed by atoms with Crippen LogP contribution in [0.15, 0.2) is 54.9 Å². The number of aromatic nitrogens is 3. The average molecular weight is 495 g/mol. The lowest BCUT2D eigenvalue weighted by Crippen LogP contribution is -2.58.